The van der Waals surface area contributed by atoms with Crippen LogP contribution in [0.1, 0.15) is 46.0 Å². The number of nitrogens with zero attached hydrogens (tertiary/aromatic N) is 3. The summed E-state index contributed by atoms with van der Waals surface area (Å²) in [6.07, 6.45) is 2.82. The van der Waals surface area contributed by atoms with E-state index in [-0.39, 0.29) is 5.41 Å². The van der Waals surface area contributed by atoms with Crippen LogP contribution < -0.4 is 0 Å². The second-order valence-electron chi connectivity index (χ2n) is 7.33. The summed E-state index contributed by atoms with van der Waals surface area (Å²) >= 11 is 0. The standard InChI is InChI=1S/C16H27N3/c1-12(2)8-19-9-13(10-19)6-14-7-15(16(3,4)5)18-11-17-14/h7,11-13H,6,8-10H2,1-5H3. The third-order valence-corrected chi connectivity index (χ3v) is 3.65. The minimum absolute atomic E-state index is 0.112. The van der Waals surface area contributed by atoms with Crippen molar-refractivity contribution in [2.24, 2.45) is 11.8 Å². The van der Waals surface area contributed by atoms with Crippen LogP contribution in [-0.2, 0) is 11.8 Å². The van der Waals surface area contributed by atoms with Crippen molar-refractivity contribution in [2.75, 3.05) is 19.6 Å². The Kier molecular flexibility index (Phi) is 4.24. The predicted octanol–water partition coefficient (Wildman–Crippen LogP) is 2.90. The summed E-state index contributed by atoms with van der Waals surface area (Å²) in [5.74, 6) is 1.55. The van der Waals surface area contributed by atoms with E-state index in [1.54, 1.807) is 6.33 Å². The second-order valence-corrected chi connectivity index (χ2v) is 7.33. The number of likely N-dealkylation sites (tertiary alicyclic amines) is 1. The van der Waals surface area contributed by atoms with Crippen LogP contribution >= 0.6 is 0 Å². The molecule has 0 spiro atoms. The summed E-state index contributed by atoms with van der Waals surface area (Å²) < 4.78 is 0. The Hall–Kier alpha value is -0.960. The smallest absolute Gasteiger partial charge is 0.115 e. The Bertz CT molecular complexity index is 414. The van der Waals surface area contributed by atoms with E-state index in [1.807, 2.05) is 0 Å². The highest BCUT2D eigenvalue weighted by Crippen LogP contribution is 2.23. The van der Waals surface area contributed by atoms with Crippen molar-refractivity contribution in [3.63, 3.8) is 0 Å². The first-order valence-electron chi connectivity index (χ1n) is 7.38. The number of rotatable bonds is 4. The molecule has 0 radical (unpaired) electrons. The van der Waals surface area contributed by atoms with Crippen molar-refractivity contribution in [2.45, 2.75) is 46.5 Å². The molecule has 1 fully saturated rings. The molecule has 0 bridgehead atoms. The average molecular weight is 261 g/mol. The lowest BCUT2D eigenvalue weighted by Gasteiger charge is -2.40. The van der Waals surface area contributed by atoms with E-state index >= 15 is 0 Å². The highest BCUT2D eigenvalue weighted by atomic mass is 15.2. The predicted molar refractivity (Wildman–Crippen MR) is 79.2 cm³/mol. The summed E-state index contributed by atoms with van der Waals surface area (Å²) in [5, 5.41) is 0. The number of hydrogen-bond donors (Lipinski definition) is 0. The normalized spacial score (nSPS) is 17.8. The molecule has 0 atom stereocenters. The van der Waals surface area contributed by atoms with Crippen LogP contribution in [0.25, 0.3) is 0 Å². The molecule has 0 aromatic carbocycles. The van der Waals surface area contributed by atoms with Crippen LogP contribution in [0.2, 0.25) is 0 Å². The van der Waals surface area contributed by atoms with E-state index in [0.717, 1.165) is 24.0 Å². The van der Waals surface area contributed by atoms with Crippen LogP contribution in [0, 0.1) is 11.8 Å². The molecule has 0 N–H and O–H groups in total. The first kappa shape index (κ1) is 14.4. The fourth-order valence-electron chi connectivity index (χ4n) is 2.69. The third-order valence-electron chi connectivity index (χ3n) is 3.65. The zero-order chi connectivity index (χ0) is 14.0. The molecule has 19 heavy (non-hydrogen) atoms. The fraction of sp³-hybridized carbons (Fsp3) is 0.750. The van der Waals surface area contributed by atoms with Crippen molar-refractivity contribution in [1.82, 2.24) is 14.9 Å². The Labute approximate surface area is 117 Å². The Morgan fingerprint density at radius 1 is 1.26 bits per heavy atom. The van der Waals surface area contributed by atoms with Gasteiger partial charge in [-0.3, -0.25) is 0 Å². The quantitative estimate of drug-likeness (QED) is 0.834. The SMILES string of the molecule is CC(C)CN1CC(Cc2cc(C(C)(C)C)ncn2)C1. The van der Waals surface area contributed by atoms with Crippen molar-refractivity contribution in [1.29, 1.82) is 0 Å². The van der Waals surface area contributed by atoms with Gasteiger partial charge in [-0.15, -0.1) is 0 Å². The molecule has 3 heteroatoms. The van der Waals surface area contributed by atoms with Crippen molar-refractivity contribution < 1.29 is 0 Å². The van der Waals surface area contributed by atoms with Crippen LogP contribution in [0.4, 0.5) is 0 Å². The lowest BCUT2D eigenvalue weighted by molar-refractivity contribution is 0.0867. The van der Waals surface area contributed by atoms with Gasteiger partial charge in [-0.2, -0.15) is 0 Å². The van der Waals surface area contributed by atoms with Crippen molar-refractivity contribution in [3.05, 3.63) is 23.8 Å². The van der Waals surface area contributed by atoms with Crippen molar-refractivity contribution >= 4 is 0 Å². The van der Waals surface area contributed by atoms with Gasteiger partial charge >= 0.3 is 0 Å². The van der Waals surface area contributed by atoms with Gasteiger partial charge in [0.1, 0.15) is 6.33 Å². The van der Waals surface area contributed by atoms with Gasteiger partial charge in [0.2, 0.25) is 0 Å². The minimum Gasteiger partial charge on any atom is -0.302 e. The molecule has 0 unspecified atom stereocenters. The number of hydrogen-bond acceptors (Lipinski definition) is 3. The zero-order valence-corrected chi connectivity index (χ0v) is 13.0. The molecular formula is C16H27N3. The Morgan fingerprint density at radius 2 is 1.95 bits per heavy atom. The van der Waals surface area contributed by atoms with E-state index in [2.05, 4.69) is 55.6 Å². The molecule has 0 aliphatic carbocycles. The van der Waals surface area contributed by atoms with Crippen molar-refractivity contribution in [3.8, 4) is 0 Å². The fourth-order valence-corrected chi connectivity index (χ4v) is 2.69. The molecular weight excluding hydrogens is 234 g/mol. The molecule has 1 saturated heterocycles. The molecule has 1 aromatic rings. The van der Waals surface area contributed by atoms with Crippen LogP contribution in [0.5, 0.6) is 0 Å². The first-order chi connectivity index (χ1) is 8.84. The Morgan fingerprint density at radius 3 is 2.53 bits per heavy atom. The van der Waals surface area contributed by atoms with Gasteiger partial charge in [0.15, 0.2) is 0 Å². The molecule has 1 aromatic heterocycles. The topological polar surface area (TPSA) is 29.0 Å². The first-order valence-corrected chi connectivity index (χ1v) is 7.38. The maximum atomic E-state index is 4.43. The van der Waals surface area contributed by atoms with Gasteiger partial charge in [0.05, 0.1) is 0 Å². The molecule has 2 rings (SSSR count). The highest BCUT2D eigenvalue weighted by Gasteiger charge is 2.27. The summed E-state index contributed by atoms with van der Waals surface area (Å²) in [5.41, 5.74) is 2.46. The lowest BCUT2D eigenvalue weighted by atomic mass is 9.89. The minimum atomic E-state index is 0.112. The molecule has 3 nitrogen and oxygen atoms in total. The van der Waals surface area contributed by atoms with Crippen LogP contribution in [0.3, 0.4) is 0 Å². The number of aromatic nitrogens is 2. The molecule has 0 amide bonds. The molecule has 0 saturated carbocycles. The molecule has 2 heterocycles. The van der Waals surface area contributed by atoms with E-state index in [4.69, 9.17) is 0 Å². The summed E-state index contributed by atoms with van der Waals surface area (Å²) in [6.45, 7) is 14.9. The van der Waals surface area contributed by atoms with E-state index in [9.17, 15) is 0 Å². The molecule has 1 aliphatic heterocycles. The van der Waals surface area contributed by atoms with Gasteiger partial charge in [-0.05, 0) is 24.3 Å². The van der Waals surface area contributed by atoms with Crippen LogP contribution in [-0.4, -0.2) is 34.5 Å². The summed E-state index contributed by atoms with van der Waals surface area (Å²) in [4.78, 5) is 11.4. The second kappa shape index (κ2) is 5.58. The molecule has 1 aliphatic rings. The van der Waals surface area contributed by atoms with Crippen LogP contribution in [0.15, 0.2) is 12.4 Å². The maximum absolute atomic E-state index is 4.43. The van der Waals surface area contributed by atoms with Gasteiger partial charge in [-0.25, -0.2) is 9.97 Å². The monoisotopic (exact) mass is 261 g/mol. The highest BCUT2D eigenvalue weighted by molar-refractivity contribution is 5.16. The van der Waals surface area contributed by atoms with E-state index in [1.165, 1.54) is 25.3 Å². The largest absolute Gasteiger partial charge is 0.302 e. The summed E-state index contributed by atoms with van der Waals surface area (Å²) in [6, 6.07) is 2.19. The third kappa shape index (κ3) is 4.00. The van der Waals surface area contributed by atoms with E-state index < -0.39 is 0 Å². The maximum Gasteiger partial charge on any atom is 0.115 e. The van der Waals surface area contributed by atoms with Gasteiger partial charge in [0, 0.05) is 36.4 Å². The van der Waals surface area contributed by atoms with E-state index in [0.29, 0.717) is 0 Å². The zero-order valence-electron chi connectivity index (χ0n) is 13.0. The molecule has 106 valence electrons. The average Bonchev–Trinajstić information content (AvgIpc) is 2.25. The van der Waals surface area contributed by atoms with Gasteiger partial charge in [0.25, 0.3) is 0 Å². The summed E-state index contributed by atoms with van der Waals surface area (Å²) in [7, 11) is 0. The van der Waals surface area contributed by atoms with Gasteiger partial charge in [-0.1, -0.05) is 34.6 Å². The lowest BCUT2D eigenvalue weighted by Crippen LogP contribution is -2.48. The Balaban J connectivity index is 1.88. The van der Waals surface area contributed by atoms with Gasteiger partial charge < -0.3 is 4.90 Å².